The van der Waals surface area contributed by atoms with Crippen LogP contribution in [0, 0.1) is 5.82 Å². The van der Waals surface area contributed by atoms with E-state index in [1.54, 1.807) is 23.9 Å². The van der Waals surface area contributed by atoms with Gasteiger partial charge < -0.3 is 15.8 Å². The molecule has 8 heteroatoms. The van der Waals surface area contributed by atoms with Crippen molar-refractivity contribution in [3.63, 3.8) is 0 Å². The lowest BCUT2D eigenvalue weighted by atomic mass is 10.1. The number of nitrogens with one attached hydrogen (secondary N) is 1. The van der Waals surface area contributed by atoms with Crippen LogP contribution in [0.5, 0.6) is 5.75 Å². The Morgan fingerprint density at radius 1 is 1.03 bits per heavy atom. The van der Waals surface area contributed by atoms with Gasteiger partial charge in [-0.15, -0.1) is 5.10 Å². The predicted molar refractivity (Wildman–Crippen MR) is 119 cm³/mol. The topological polar surface area (TPSA) is 90.9 Å². The Morgan fingerprint density at radius 2 is 1.74 bits per heavy atom. The van der Waals surface area contributed by atoms with Gasteiger partial charge in [0, 0.05) is 11.6 Å². The van der Waals surface area contributed by atoms with Crippen LogP contribution in [0.25, 0.3) is 28.0 Å². The molecule has 7 nitrogen and oxygen atoms in total. The zero-order chi connectivity index (χ0) is 21.4. The van der Waals surface area contributed by atoms with Crippen molar-refractivity contribution >= 4 is 22.8 Å². The van der Waals surface area contributed by atoms with E-state index in [-0.39, 0.29) is 5.82 Å². The molecule has 5 rings (SSSR count). The summed E-state index contributed by atoms with van der Waals surface area (Å²) in [6.07, 6.45) is 4.62. The Kier molecular flexibility index (Phi) is 4.89. The van der Waals surface area contributed by atoms with Gasteiger partial charge in [-0.3, -0.25) is 0 Å². The van der Waals surface area contributed by atoms with Gasteiger partial charge in [-0.05, 0) is 61.4 Å². The molecular weight excluding hydrogens is 395 g/mol. The van der Waals surface area contributed by atoms with Crippen molar-refractivity contribution in [3.8, 4) is 22.7 Å². The van der Waals surface area contributed by atoms with Crippen LogP contribution in [-0.4, -0.2) is 32.9 Å². The van der Waals surface area contributed by atoms with Crippen molar-refractivity contribution in [2.24, 2.45) is 0 Å². The van der Waals surface area contributed by atoms with Gasteiger partial charge >= 0.3 is 0 Å². The van der Waals surface area contributed by atoms with Crippen molar-refractivity contribution in [3.05, 3.63) is 54.3 Å². The fourth-order valence-electron chi connectivity index (χ4n) is 4.07. The standard InChI is InChI=1S/C23H23FN6O/c1-31-18-12-6-14(7-13-18)20-19-21(25)30(17-10-8-15(24)9-11-17)29-22(19)28-23(27-20)26-16-4-2-3-5-16/h6-13,16H,2-5,25H2,1H3,(H,26,28,29). The first-order valence-corrected chi connectivity index (χ1v) is 10.4. The van der Waals surface area contributed by atoms with E-state index in [1.807, 2.05) is 24.3 Å². The van der Waals surface area contributed by atoms with E-state index in [4.69, 9.17) is 15.5 Å². The Morgan fingerprint density at radius 3 is 2.42 bits per heavy atom. The lowest BCUT2D eigenvalue weighted by molar-refractivity contribution is 0.415. The molecule has 4 aromatic rings. The first kappa shape index (κ1) is 19.3. The third-order valence-electron chi connectivity index (χ3n) is 5.69. The largest absolute Gasteiger partial charge is 0.497 e. The molecule has 1 aliphatic carbocycles. The van der Waals surface area contributed by atoms with Gasteiger partial charge in [-0.1, -0.05) is 12.8 Å². The van der Waals surface area contributed by atoms with Gasteiger partial charge in [0.05, 0.1) is 23.9 Å². The van der Waals surface area contributed by atoms with E-state index in [0.717, 1.165) is 24.2 Å². The number of nitrogen functional groups attached to an aromatic ring is 1. The lowest BCUT2D eigenvalue weighted by Crippen LogP contribution is -2.17. The van der Waals surface area contributed by atoms with Crippen molar-refractivity contribution in [2.75, 3.05) is 18.2 Å². The number of fused-ring (bicyclic) bond motifs is 1. The molecule has 1 aliphatic rings. The first-order valence-electron chi connectivity index (χ1n) is 10.4. The molecule has 158 valence electrons. The van der Waals surface area contributed by atoms with Gasteiger partial charge in [0.25, 0.3) is 0 Å². The van der Waals surface area contributed by atoms with Gasteiger partial charge in [0.15, 0.2) is 5.65 Å². The first-order chi connectivity index (χ1) is 15.1. The van der Waals surface area contributed by atoms with E-state index in [1.165, 1.54) is 25.0 Å². The number of methoxy groups -OCH3 is 1. The quantitative estimate of drug-likeness (QED) is 0.493. The van der Waals surface area contributed by atoms with Crippen LogP contribution >= 0.6 is 0 Å². The molecule has 0 aliphatic heterocycles. The molecular formula is C23H23FN6O. The molecule has 2 aromatic carbocycles. The minimum Gasteiger partial charge on any atom is -0.497 e. The summed E-state index contributed by atoms with van der Waals surface area (Å²) in [5.41, 5.74) is 9.22. The lowest BCUT2D eigenvalue weighted by Gasteiger charge is -2.13. The van der Waals surface area contributed by atoms with Crippen LogP contribution in [0.2, 0.25) is 0 Å². The van der Waals surface area contributed by atoms with Gasteiger partial charge in [0.2, 0.25) is 5.95 Å². The molecule has 3 N–H and O–H groups in total. The number of rotatable bonds is 5. The fourth-order valence-corrected chi connectivity index (χ4v) is 4.07. The van der Waals surface area contributed by atoms with E-state index in [2.05, 4.69) is 15.4 Å². The number of hydrogen-bond acceptors (Lipinski definition) is 6. The number of nitrogens with two attached hydrogens (primary N) is 1. The summed E-state index contributed by atoms with van der Waals surface area (Å²) in [4.78, 5) is 9.47. The number of anilines is 2. The molecule has 1 saturated carbocycles. The van der Waals surface area contributed by atoms with Crippen LogP contribution in [0.15, 0.2) is 48.5 Å². The molecule has 0 saturated heterocycles. The maximum Gasteiger partial charge on any atom is 0.225 e. The number of hydrogen-bond donors (Lipinski definition) is 2. The average Bonchev–Trinajstić information content (AvgIpc) is 3.42. The Hall–Kier alpha value is -3.68. The van der Waals surface area contributed by atoms with E-state index in [9.17, 15) is 4.39 Å². The SMILES string of the molecule is COc1ccc(-c2nc(NC3CCCC3)nc3nn(-c4ccc(F)cc4)c(N)c23)cc1. The van der Waals surface area contributed by atoms with Crippen molar-refractivity contribution < 1.29 is 9.13 Å². The van der Waals surface area contributed by atoms with Gasteiger partial charge in [-0.25, -0.2) is 14.1 Å². The molecule has 2 heterocycles. The van der Waals surface area contributed by atoms with Gasteiger partial charge in [-0.2, -0.15) is 4.98 Å². The van der Waals surface area contributed by atoms with E-state index in [0.29, 0.717) is 40.2 Å². The normalized spacial score (nSPS) is 14.3. The summed E-state index contributed by atoms with van der Waals surface area (Å²) < 4.78 is 20.3. The second kappa shape index (κ2) is 7.86. The molecule has 0 radical (unpaired) electrons. The maximum atomic E-state index is 13.4. The van der Waals surface area contributed by atoms with E-state index < -0.39 is 0 Å². The molecule has 1 fully saturated rings. The molecule has 0 unspecified atom stereocenters. The van der Waals surface area contributed by atoms with Crippen LogP contribution in [0.3, 0.4) is 0 Å². The summed E-state index contributed by atoms with van der Waals surface area (Å²) in [5, 5.41) is 8.73. The highest BCUT2D eigenvalue weighted by Crippen LogP contribution is 2.34. The highest BCUT2D eigenvalue weighted by Gasteiger charge is 2.21. The van der Waals surface area contributed by atoms with Crippen LogP contribution < -0.4 is 15.8 Å². The predicted octanol–water partition coefficient (Wildman–Crippen LogP) is 4.57. The Balaban J connectivity index is 1.67. The van der Waals surface area contributed by atoms with Crippen LogP contribution in [0.1, 0.15) is 25.7 Å². The molecule has 0 amide bonds. The van der Waals surface area contributed by atoms with Crippen molar-refractivity contribution in [1.82, 2.24) is 19.7 Å². The second-order valence-electron chi connectivity index (χ2n) is 7.72. The number of ether oxygens (including phenoxy) is 1. The third kappa shape index (κ3) is 3.65. The zero-order valence-corrected chi connectivity index (χ0v) is 17.2. The third-order valence-corrected chi connectivity index (χ3v) is 5.69. The minimum absolute atomic E-state index is 0.319. The zero-order valence-electron chi connectivity index (χ0n) is 17.2. The van der Waals surface area contributed by atoms with Crippen molar-refractivity contribution in [2.45, 2.75) is 31.7 Å². The molecule has 31 heavy (non-hydrogen) atoms. The summed E-state index contributed by atoms with van der Waals surface area (Å²) >= 11 is 0. The minimum atomic E-state index is -0.319. The summed E-state index contributed by atoms with van der Waals surface area (Å²) in [5.74, 6) is 1.38. The number of aromatic nitrogens is 4. The highest BCUT2D eigenvalue weighted by atomic mass is 19.1. The summed E-state index contributed by atoms with van der Waals surface area (Å²) in [6.45, 7) is 0. The smallest absolute Gasteiger partial charge is 0.225 e. The van der Waals surface area contributed by atoms with Gasteiger partial charge in [0.1, 0.15) is 17.4 Å². The second-order valence-corrected chi connectivity index (χ2v) is 7.72. The maximum absolute atomic E-state index is 13.4. The molecule has 0 atom stereocenters. The van der Waals surface area contributed by atoms with Crippen molar-refractivity contribution in [1.29, 1.82) is 0 Å². The van der Waals surface area contributed by atoms with Crippen LogP contribution in [0.4, 0.5) is 16.2 Å². The van der Waals surface area contributed by atoms with Crippen LogP contribution in [-0.2, 0) is 0 Å². The van der Waals surface area contributed by atoms with E-state index >= 15 is 0 Å². The summed E-state index contributed by atoms with van der Waals surface area (Å²) in [7, 11) is 1.63. The molecule has 0 spiro atoms. The monoisotopic (exact) mass is 418 g/mol. The highest BCUT2D eigenvalue weighted by molar-refractivity contribution is 5.99. The Labute approximate surface area is 179 Å². The number of nitrogens with zero attached hydrogens (tertiary/aromatic N) is 4. The average molecular weight is 418 g/mol. The number of halogens is 1. The molecule has 2 aromatic heterocycles. The summed E-state index contributed by atoms with van der Waals surface area (Å²) in [6, 6.07) is 14.0. The fraction of sp³-hybridized carbons (Fsp3) is 0.261. The Bertz CT molecular complexity index is 1210. The number of benzene rings is 2. The molecule has 0 bridgehead atoms.